The topological polar surface area (TPSA) is 97.6 Å². The van der Waals surface area contributed by atoms with Gasteiger partial charge in [-0.1, -0.05) is 0 Å². The van der Waals surface area contributed by atoms with Gasteiger partial charge in [0.05, 0.1) is 24.8 Å². The standard InChI is InChI=1S/C16H10F2N8/c17-13(18)7-25-9-23-15(10-4-20-8-21-5-10)16(25)12-1-2-14-22-6-11(3-19)26(14)24-12/h1-2,4-6,8-9,13H,7H2. The maximum absolute atomic E-state index is 13.0. The molecular weight excluding hydrogens is 342 g/mol. The highest BCUT2D eigenvalue weighted by atomic mass is 19.3. The molecule has 0 saturated carbocycles. The lowest BCUT2D eigenvalue weighted by atomic mass is 10.1. The monoisotopic (exact) mass is 352 g/mol. The normalized spacial score (nSPS) is 11.2. The maximum atomic E-state index is 13.0. The Morgan fingerprint density at radius 3 is 2.65 bits per heavy atom. The number of aromatic nitrogens is 7. The minimum Gasteiger partial charge on any atom is -0.323 e. The molecule has 0 bridgehead atoms. The third-order valence-electron chi connectivity index (χ3n) is 3.73. The molecule has 0 radical (unpaired) electrons. The van der Waals surface area contributed by atoms with E-state index in [1.807, 2.05) is 6.07 Å². The van der Waals surface area contributed by atoms with Crippen molar-refractivity contribution in [3.05, 3.63) is 49.1 Å². The van der Waals surface area contributed by atoms with E-state index in [0.717, 1.165) is 0 Å². The summed E-state index contributed by atoms with van der Waals surface area (Å²) in [5.41, 5.74) is 2.49. The molecule has 0 spiro atoms. The number of hydrogen-bond donors (Lipinski definition) is 0. The van der Waals surface area contributed by atoms with Gasteiger partial charge in [0.25, 0.3) is 6.43 Å². The number of imidazole rings is 2. The predicted molar refractivity (Wildman–Crippen MR) is 86.0 cm³/mol. The highest BCUT2D eigenvalue weighted by Crippen LogP contribution is 2.30. The molecule has 4 aromatic heterocycles. The summed E-state index contributed by atoms with van der Waals surface area (Å²) in [4.78, 5) is 16.2. The van der Waals surface area contributed by atoms with Crippen molar-refractivity contribution in [1.29, 1.82) is 5.26 Å². The number of nitrogens with zero attached hydrogens (tertiary/aromatic N) is 8. The van der Waals surface area contributed by atoms with Gasteiger partial charge in [0.1, 0.15) is 23.8 Å². The Balaban J connectivity index is 1.94. The first-order valence-electron chi connectivity index (χ1n) is 7.51. The first-order chi connectivity index (χ1) is 12.7. The smallest absolute Gasteiger partial charge is 0.256 e. The molecule has 0 aliphatic rings. The van der Waals surface area contributed by atoms with E-state index in [4.69, 9.17) is 5.26 Å². The van der Waals surface area contributed by atoms with Crippen molar-refractivity contribution in [2.45, 2.75) is 13.0 Å². The van der Waals surface area contributed by atoms with E-state index in [2.05, 4.69) is 25.0 Å². The number of hydrogen-bond acceptors (Lipinski definition) is 6. The van der Waals surface area contributed by atoms with Crippen molar-refractivity contribution in [3.63, 3.8) is 0 Å². The summed E-state index contributed by atoms with van der Waals surface area (Å²) >= 11 is 0. The largest absolute Gasteiger partial charge is 0.323 e. The summed E-state index contributed by atoms with van der Waals surface area (Å²) in [6.07, 6.45) is 4.62. The van der Waals surface area contributed by atoms with Crippen LogP contribution in [0.3, 0.4) is 0 Å². The quantitative estimate of drug-likeness (QED) is 0.558. The van der Waals surface area contributed by atoms with Crippen LogP contribution in [0.2, 0.25) is 0 Å². The molecule has 0 N–H and O–H groups in total. The van der Waals surface area contributed by atoms with Crippen molar-refractivity contribution in [1.82, 2.24) is 34.1 Å². The van der Waals surface area contributed by atoms with Gasteiger partial charge in [0.2, 0.25) is 0 Å². The van der Waals surface area contributed by atoms with Crippen LogP contribution < -0.4 is 0 Å². The van der Waals surface area contributed by atoms with Crippen LogP contribution in [0.1, 0.15) is 5.69 Å². The molecule has 4 rings (SSSR count). The molecule has 10 heteroatoms. The Hall–Kier alpha value is -3.74. The Morgan fingerprint density at radius 1 is 1.12 bits per heavy atom. The van der Waals surface area contributed by atoms with Crippen molar-refractivity contribution in [2.24, 2.45) is 0 Å². The van der Waals surface area contributed by atoms with Gasteiger partial charge in [0.15, 0.2) is 11.3 Å². The van der Waals surface area contributed by atoms with E-state index in [1.54, 1.807) is 24.5 Å². The molecule has 8 nitrogen and oxygen atoms in total. The van der Waals surface area contributed by atoms with Crippen LogP contribution >= 0.6 is 0 Å². The Kier molecular flexibility index (Phi) is 3.81. The van der Waals surface area contributed by atoms with Crippen LogP contribution in [-0.4, -0.2) is 40.5 Å². The molecule has 128 valence electrons. The van der Waals surface area contributed by atoms with Gasteiger partial charge in [-0.2, -0.15) is 10.4 Å². The lowest BCUT2D eigenvalue weighted by Gasteiger charge is -2.09. The minimum absolute atomic E-state index is 0.242. The van der Waals surface area contributed by atoms with E-state index in [9.17, 15) is 8.78 Å². The zero-order chi connectivity index (χ0) is 18.1. The molecule has 0 unspecified atom stereocenters. The van der Waals surface area contributed by atoms with Crippen LogP contribution in [0.4, 0.5) is 8.78 Å². The van der Waals surface area contributed by atoms with Gasteiger partial charge in [-0.3, -0.25) is 0 Å². The van der Waals surface area contributed by atoms with Crippen LogP contribution in [0.25, 0.3) is 28.3 Å². The molecular formula is C16H10F2N8. The summed E-state index contributed by atoms with van der Waals surface area (Å²) in [7, 11) is 0. The first kappa shape index (κ1) is 15.8. The maximum Gasteiger partial charge on any atom is 0.256 e. The Morgan fingerprint density at radius 2 is 1.92 bits per heavy atom. The van der Waals surface area contributed by atoms with E-state index in [0.29, 0.717) is 28.3 Å². The second-order valence-corrected chi connectivity index (χ2v) is 5.36. The van der Waals surface area contributed by atoms with E-state index in [1.165, 1.54) is 27.9 Å². The molecule has 4 heterocycles. The second-order valence-electron chi connectivity index (χ2n) is 5.36. The van der Waals surface area contributed by atoms with E-state index < -0.39 is 13.0 Å². The molecule has 0 aliphatic heterocycles. The average molecular weight is 352 g/mol. The number of halogens is 2. The number of nitriles is 1. The third-order valence-corrected chi connectivity index (χ3v) is 3.73. The molecule has 0 atom stereocenters. The number of fused-ring (bicyclic) bond motifs is 1. The van der Waals surface area contributed by atoms with E-state index >= 15 is 0 Å². The average Bonchev–Trinajstić information content (AvgIpc) is 3.25. The highest BCUT2D eigenvalue weighted by molar-refractivity contribution is 5.76. The molecule has 0 aliphatic carbocycles. The van der Waals surface area contributed by atoms with Crippen molar-refractivity contribution in [2.75, 3.05) is 0 Å². The summed E-state index contributed by atoms with van der Waals surface area (Å²) < 4.78 is 28.7. The van der Waals surface area contributed by atoms with Crippen LogP contribution in [0.5, 0.6) is 0 Å². The molecule has 0 fully saturated rings. The van der Waals surface area contributed by atoms with Gasteiger partial charge in [0, 0.05) is 18.0 Å². The molecule has 26 heavy (non-hydrogen) atoms. The van der Waals surface area contributed by atoms with Crippen LogP contribution in [0.15, 0.2) is 43.4 Å². The molecule has 0 aromatic carbocycles. The third kappa shape index (κ3) is 2.65. The molecule has 0 amide bonds. The zero-order valence-electron chi connectivity index (χ0n) is 13.2. The zero-order valence-corrected chi connectivity index (χ0v) is 13.2. The number of alkyl halides is 2. The van der Waals surface area contributed by atoms with Crippen LogP contribution in [-0.2, 0) is 6.54 Å². The first-order valence-corrected chi connectivity index (χ1v) is 7.51. The predicted octanol–water partition coefficient (Wildman–Crippen LogP) is 2.19. The molecule has 4 aromatic rings. The second kappa shape index (κ2) is 6.29. The highest BCUT2D eigenvalue weighted by Gasteiger charge is 2.20. The lowest BCUT2D eigenvalue weighted by Crippen LogP contribution is -2.08. The van der Waals surface area contributed by atoms with Gasteiger partial charge in [-0.25, -0.2) is 33.2 Å². The Bertz CT molecular complexity index is 1110. The summed E-state index contributed by atoms with van der Waals surface area (Å²) in [6.45, 7) is -0.537. The van der Waals surface area contributed by atoms with Gasteiger partial charge in [-0.05, 0) is 12.1 Å². The van der Waals surface area contributed by atoms with Gasteiger partial charge in [-0.15, -0.1) is 0 Å². The lowest BCUT2D eigenvalue weighted by molar-refractivity contribution is 0.127. The van der Waals surface area contributed by atoms with Crippen LogP contribution in [0, 0.1) is 11.3 Å². The Labute approximate surface area is 145 Å². The molecule has 0 saturated heterocycles. The van der Waals surface area contributed by atoms with Crippen molar-refractivity contribution in [3.8, 4) is 28.7 Å². The minimum atomic E-state index is -2.56. The fourth-order valence-electron chi connectivity index (χ4n) is 2.65. The summed E-state index contributed by atoms with van der Waals surface area (Å²) in [5.74, 6) is 0. The SMILES string of the molecule is N#Cc1cnc2ccc(-c3c(-c4cncnc4)ncn3CC(F)F)nn12. The number of rotatable bonds is 4. The van der Waals surface area contributed by atoms with Gasteiger partial charge < -0.3 is 4.57 Å². The summed E-state index contributed by atoms with van der Waals surface area (Å²) in [5, 5.41) is 13.6. The van der Waals surface area contributed by atoms with Crippen molar-refractivity contribution >= 4 is 5.65 Å². The van der Waals surface area contributed by atoms with E-state index in [-0.39, 0.29) is 5.69 Å². The van der Waals surface area contributed by atoms with Crippen molar-refractivity contribution < 1.29 is 8.78 Å². The fourth-order valence-corrected chi connectivity index (χ4v) is 2.65. The fraction of sp³-hybridized carbons (Fsp3) is 0.125. The summed E-state index contributed by atoms with van der Waals surface area (Å²) in [6, 6.07) is 5.30. The van der Waals surface area contributed by atoms with Gasteiger partial charge >= 0.3 is 0 Å².